The number of halogens is 1. The number of pyridine rings is 1. The molecule has 3 rings (SSSR count). The van der Waals surface area contributed by atoms with Gasteiger partial charge in [0, 0.05) is 12.3 Å². The minimum Gasteiger partial charge on any atom is -0.399 e. The van der Waals surface area contributed by atoms with Crippen LogP contribution in [0, 0.1) is 0 Å². The number of aromatic nitrogens is 3. The lowest BCUT2D eigenvalue weighted by Gasteiger charge is -2.32. The Morgan fingerprint density at radius 3 is 2.52 bits per heavy atom. The zero-order chi connectivity index (χ0) is 19.6. The topological polar surface area (TPSA) is 49.2 Å². The highest BCUT2D eigenvalue weighted by atomic mass is 79.9. The number of hydrogen-bond acceptors (Lipinski definition) is 4. The van der Waals surface area contributed by atoms with E-state index in [0.717, 1.165) is 4.68 Å². The second kappa shape index (κ2) is 4.93. The predicted octanol–water partition coefficient (Wildman–Crippen LogP) is 2.33. The van der Waals surface area contributed by atoms with E-state index in [2.05, 4.69) is 26.0 Å². The van der Waals surface area contributed by atoms with Crippen LogP contribution < -0.4 is 5.46 Å². The van der Waals surface area contributed by atoms with E-state index in [9.17, 15) is 0 Å². The first kappa shape index (κ1) is 9.76. The largest absolute Gasteiger partial charge is 0.495 e. The van der Waals surface area contributed by atoms with E-state index >= 15 is 0 Å². The summed E-state index contributed by atoms with van der Waals surface area (Å²) in [6, 6.07) is -0.505. The average Bonchev–Trinajstić information content (AvgIpc) is 2.89. The molecule has 5 nitrogen and oxygen atoms in total. The fourth-order valence-electron chi connectivity index (χ4n) is 1.84. The zero-order valence-corrected chi connectivity index (χ0v) is 13.7. The first-order valence-corrected chi connectivity index (χ1v) is 7.22. The summed E-state index contributed by atoms with van der Waals surface area (Å²) < 4.78 is 53.3. The van der Waals surface area contributed by atoms with Gasteiger partial charge in [-0.3, -0.25) is 0 Å². The lowest BCUT2D eigenvalue weighted by atomic mass is 9.80. The third-order valence-corrected chi connectivity index (χ3v) is 4.10. The van der Waals surface area contributed by atoms with Gasteiger partial charge in [-0.2, -0.15) is 5.10 Å². The number of hydrogen-bond donors (Lipinski definition) is 0. The molecular formula is C14H17BBrN3O2. The van der Waals surface area contributed by atoms with Crippen LogP contribution in [0.3, 0.4) is 0 Å². The van der Waals surface area contributed by atoms with Gasteiger partial charge in [0.15, 0.2) is 5.82 Å². The molecule has 0 unspecified atom stereocenters. The molecule has 0 amide bonds. The lowest BCUT2D eigenvalue weighted by Crippen LogP contribution is -2.41. The molecule has 0 bridgehead atoms. The van der Waals surface area contributed by atoms with Crippen molar-refractivity contribution in [1.29, 1.82) is 0 Å². The molecular weight excluding hydrogens is 333 g/mol. The fourth-order valence-corrected chi connectivity index (χ4v) is 2.08. The van der Waals surface area contributed by atoms with Gasteiger partial charge in [0.1, 0.15) is 0 Å². The Labute approximate surface area is 140 Å². The van der Waals surface area contributed by atoms with Gasteiger partial charge in [0.2, 0.25) is 0 Å². The molecule has 0 aromatic carbocycles. The monoisotopic (exact) mass is 354 g/mol. The summed E-state index contributed by atoms with van der Waals surface area (Å²) >= 11 is 3.09. The van der Waals surface area contributed by atoms with Crippen molar-refractivity contribution in [2.24, 2.45) is 0 Å². The summed E-state index contributed by atoms with van der Waals surface area (Å²) in [5, 5.41) is 3.88. The number of nitrogens with zero attached hydrogens (tertiary/aromatic N) is 3. The summed E-state index contributed by atoms with van der Waals surface area (Å²) in [6.45, 7) is 7.40. The maximum Gasteiger partial charge on any atom is 0.495 e. The van der Waals surface area contributed by atoms with E-state index in [0.29, 0.717) is 0 Å². The third kappa shape index (κ3) is 2.65. The molecule has 1 aliphatic heterocycles. The summed E-state index contributed by atoms with van der Waals surface area (Å²) in [6.07, 6.45) is -0.749. The van der Waals surface area contributed by atoms with Gasteiger partial charge < -0.3 is 9.31 Å². The molecule has 7 heteroatoms. The standard InChI is InChI=1S/C14H17BBrN3O2/c1-13(2)14(3,4)21-15(20-13)10-5-6-17-12(7-10)19-9-11(16)8-18-19/h5-9H,1-4H3/i5D,6D,7D,8D,9D. The van der Waals surface area contributed by atoms with Crippen molar-refractivity contribution in [2.45, 2.75) is 38.9 Å². The average molecular weight is 355 g/mol. The molecule has 1 saturated heterocycles. The Morgan fingerprint density at radius 1 is 1.29 bits per heavy atom. The van der Waals surface area contributed by atoms with E-state index < -0.39 is 24.5 Å². The first-order chi connectivity index (χ1) is 11.9. The van der Waals surface area contributed by atoms with Crippen LogP contribution in [0.1, 0.15) is 34.5 Å². The maximum absolute atomic E-state index is 8.48. The Balaban J connectivity index is 2.19. The van der Waals surface area contributed by atoms with Gasteiger partial charge in [0.05, 0.1) is 28.7 Å². The zero-order valence-electron chi connectivity index (χ0n) is 17.1. The summed E-state index contributed by atoms with van der Waals surface area (Å²) in [4.78, 5) is 3.92. The quantitative estimate of drug-likeness (QED) is 0.776. The van der Waals surface area contributed by atoms with E-state index in [1.165, 1.54) is 0 Å². The Bertz CT molecular complexity index is 889. The highest BCUT2D eigenvalue weighted by Crippen LogP contribution is 2.36. The fraction of sp³-hybridized carbons (Fsp3) is 0.429. The van der Waals surface area contributed by atoms with Gasteiger partial charge in [-0.25, -0.2) is 9.67 Å². The molecule has 0 N–H and O–H groups in total. The molecule has 1 aliphatic rings. The van der Waals surface area contributed by atoms with Crippen LogP contribution in [0.25, 0.3) is 5.82 Å². The normalized spacial score (nSPS) is 23.3. The van der Waals surface area contributed by atoms with Gasteiger partial charge in [-0.05, 0) is 61.2 Å². The van der Waals surface area contributed by atoms with Crippen LogP contribution in [0.2, 0.25) is 0 Å². The molecule has 21 heavy (non-hydrogen) atoms. The van der Waals surface area contributed by atoms with Gasteiger partial charge >= 0.3 is 7.12 Å². The van der Waals surface area contributed by atoms with E-state index in [4.69, 9.17) is 16.2 Å². The second-order valence-electron chi connectivity index (χ2n) is 5.75. The van der Waals surface area contributed by atoms with Crippen molar-refractivity contribution < 1.29 is 16.2 Å². The summed E-state index contributed by atoms with van der Waals surface area (Å²) in [5.41, 5.74) is -1.30. The summed E-state index contributed by atoms with van der Waals surface area (Å²) in [5.74, 6) is -0.125. The molecule has 1 fully saturated rings. The van der Waals surface area contributed by atoms with Crippen molar-refractivity contribution in [3.8, 4) is 5.82 Å². The van der Waals surface area contributed by atoms with E-state index in [1.54, 1.807) is 0 Å². The molecule has 2 aromatic rings. The molecule has 110 valence electrons. The highest BCUT2D eigenvalue weighted by molar-refractivity contribution is 9.10. The van der Waals surface area contributed by atoms with Gasteiger partial charge in [0.25, 0.3) is 0 Å². The second-order valence-corrected chi connectivity index (χ2v) is 6.54. The SMILES string of the molecule is [2H]c1nc(-n2nc([2H])c(Br)c2[2H])c([2H])c(B2OC(C)(C)C(C)(C)O2)c1[2H]. The molecule has 0 spiro atoms. The van der Waals surface area contributed by atoms with Crippen molar-refractivity contribution in [3.63, 3.8) is 0 Å². The smallest absolute Gasteiger partial charge is 0.399 e. The minimum atomic E-state index is -1.02. The van der Waals surface area contributed by atoms with Crippen molar-refractivity contribution in [2.75, 3.05) is 0 Å². The summed E-state index contributed by atoms with van der Waals surface area (Å²) in [7, 11) is -1.02. The molecule has 3 heterocycles. The van der Waals surface area contributed by atoms with Gasteiger partial charge in [-0.1, -0.05) is 0 Å². The molecule has 0 radical (unpaired) electrons. The van der Waals surface area contributed by atoms with Crippen LogP contribution in [0.4, 0.5) is 0 Å². The Hall–Kier alpha value is -1.18. The minimum absolute atomic E-state index is 0.0520. The number of rotatable bonds is 2. The Kier molecular flexibility index (Phi) is 2.29. The van der Waals surface area contributed by atoms with Crippen LogP contribution in [-0.4, -0.2) is 33.1 Å². The lowest BCUT2D eigenvalue weighted by molar-refractivity contribution is 0.00578. The van der Waals surface area contributed by atoms with Crippen LogP contribution in [0.15, 0.2) is 35.1 Å². The molecule has 0 atom stereocenters. The molecule has 0 aliphatic carbocycles. The van der Waals surface area contributed by atoms with Crippen LogP contribution in [-0.2, 0) is 9.31 Å². The van der Waals surface area contributed by atoms with E-state index in [-0.39, 0.29) is 40.2 Å². The van der Waals surface area contributed by atoms with Crippen LogP contribution >= 0.6 is 15.9 Å². The molecule has 2 aromatic heterocycles. The van der Waals surface area contributed by atoms with Crippen molar-refractivity contribution >= 4 is 28.5 Å². The van der Waals surface area contributed by atoms with Gasteiger partial charge in [-0.15, -0.1) is 0 Å². The third-order valence-electron chi connectivity index (χ3n) is 3.74. The Morgan fingerprint density at radius 2 is 1.95 bits per heavy atom. The highest BCUT2D eigenvalue weighted by Gasteiger charge is 2.51. The first-order valence-electron chi connectivity index (χ1n) is 8.93. The van der Waals surface area contributed by atoms with Crippen molar-refractivity contribution in [1.82, 2.24) is 14.8 Å². The van der Waals surface area contributed by atoms with Crippen LogP contribution in [0.5, 0.6) is 0 Å². The van der Waals surface area contributed by atoms with Crippen molar-refractivity contribution in [3.05, 3.63) is 35.1 Å². The predicted molar refractivity (Wildman–Crippen MR) is 84.8 cm³/mol. The maximum atomic E-state index is 8.48. The van der Waals surface area contributed by atoms with E-state index in [1.807, 2.05) is 27.7 Å². The molecule has 0 saturated carbocycles.